The molecule has 0 aliphatic heterocycles. The highest BCUT2D eigenvalue weighted by Crippen LogP contribution is 2.17. The van der Waals surface area contributed by atoms with E-state index >= 15 is 0 Å². The first-order chi connectivity index (χ1) is 6.40. The molecule has 0 spiro atoms. The fourth-order valence-corrected chi connectivity index (χ4v) is 1.11. The second-order valence-corrected chi connectivity index (χ2v) is 2.75. The number of nitrogens with zero attached hydrogens (tertiary/aromatic N) is 2. The van der Waals surface area contributed by atoms with Gasteiger partial charge in [0, 0.05) is 12.3 Å². The van der Waals surface area contributed by atoms with Gasteiger partial charge in [-0.3, -0.25) is 4.98 Å². The summed E-state index contributed by atoms with van der Waals surface area (Å²) in [4.78, 5) is 4.16. The van der Waals surface area contributed by atoms with Crippen LogP contribution in [0.2, 0.25) is 0 Å². The van der Waals surface area contributed by atoms with Crippen molar-refractivity contribution in [1.29, 1.82) is 0 Å². The van der Waals surface area contributed by atoms with Gasteiger partial charge in [-0.1, -0.05) is 18.1 Å². The van der Waals surface area contributed by atoms with E-state index in [9.17, 15) is 0 Å². The van der Waals surface area contributed by atoms with Crippen molar-refractivity contribution in [2.24, 2.45) is 0 Å². The quantitative estimate of drug-likeness (QED) is 0.701. The first-order valence-corrected chi connectivity index (χ1v) is 4.27. The van der Waals surface area contributed by atoms with E-state index < -0.39 is 0 Å². The lowest BCUT2D eigenvalue weighted by atomic mass is 10.2. The van der Waals surface area contributed by atoms with Crippen LogP contribution in [0.25, 0.3) is 11.5 Å². The van der Waals surface area contributed by atoms with Gasteiger partial charge in [0.15, 0.2) is 5.76 Å². The number of aromatic nitrogens is 2. The van der Waals surface area contributed by atoms with Crippen LogP contribution in [-0.2, 0) is 6.42 Å². The van der Waals surface area contributed by atoms with Crippen LogP contribution in [0.5, 0.6) is 0 Å². The van der Waals surface area contributed by atoms with E-state index in [2.05, 4.69) is 10.1 Å². The van der Waals surface area contributed by atoms with Crippen molar-refractivity contribution in [3.63, 3.8) is 0 Å². The van der Waals surface area contributed by atoms with Crippen molar-refractivity contribution in [3.05, 3.63) is 36.2 Å². The first kappa shape index (κ1) is 7.98. The highest BCUT2D eigenvalue weighted by molar-refractivity contribution is 5.51. The second-order valence-electron chi connectivity index (χ2n) is 2.75. The molecule has 0 atom stereocenters. The predicted molar refractivity (Wildman–Crippen MR) is 49.1 cm³/mol. The van der Waals surface area contributed by atoms with Crippen molar-refractivity contribution in [3.8, 4) is 11.5 Å². The summed E-state index contributed by atoms with van der Waals surface area (Å²) < 4.78 is 5.13. The molecule has 2 aromatic heterocycles. The molecule has 0 aromatic carbocycles. The van der Waals surface area contributed by atoms with Gasteiger partial charge in [0.1, 0.15) is 5.69 Å². The molecule has 0 N–H and O–H groups in total. The van der Waals surface area contributed by atoms with Crippen molar-refractivity contribution >= 4 is 0 Å². The maximum absolute atomic E-state index is 5.13. The second kappa shape index (κ2) is 3.39. The largest absolute Gasteiger partial charge is 0.354 e. The van der Waals surface area contributed by atoms with Crippen molar-refractivity contribution < 1.29 is 4.52 Å². The zero-order chi connectivity index (χ0) is 9.10. The van der Waals surface area contributed by atoms with Gasteiger partial charge in [-0.25, -0.2) is 0 Å². The number of aryl methyl sites for hydroxylation is 1. The molecule has 66 valence electrons. The van der Waals surface area contributed by atoms with Crippen LogP contribution >= 0.6 is 0 Å². The molecular formula is C10H10N2O. The van der Waals surface area contributed by atoms with E-state index in [0.29, 0.717) is 0 Å². The van der Waals surface area contributed by atoms with Crippen LogP contribution in [0.1, 0.15) is 12.6 Å². The Bertz CT molecular complexity index is 381. The average Bonchev–Trinajstić information content (AvgIpc) is 2.67. The standard InChI is InChI=1S/C10H10N2O/c1-2-8-7-10(13-12-8)9-5-3-4-6-11-9/h3-7H,2H2,1H3. The Kier molecular flexibility index (Phi) is 2.08. The average molecular weight is 174 g/mol. The summed E-state index contributed by atoms with van der Waals surface area (Å²) in [5.74, 6) is 0.734. The molecule has 13 heavy (non-hydrogen) atoms. The zero-order valence-corrected chi connectivity index (χ0v) is 7.40. The summed E-state index contributed by atoms with van der Waals surface area (Å²) in [6, 6.07) is 7.62. The maximum atomic E-state index is 5.13. The minimum Gasteiger partial charge on any atom is -0.354 e. The third-order valence-electron chi connectivity index (χ3n) is 1.84. The normalized spacial score (nSPS) is 10.2. The van der Waals surface area contributed by atoms with E-state index in [4.69, 9.17) is 4.52 Å². The molecule has 2 aromatic rings. The maximum Gasteiger partial charge on any atom is 0.185 e. The fraction of sp³-hybridized carbons (Fsp3) is 0.200. The Hall–Kier alpha value is -1.64. The third-order valence-corrected chi connectivity index (χ3v) is 1.84. The molecule has 0 bridgehead atoms. The molecule has 0 amide bonds. The molecule has 0 fully saturated rings. The summed E-state index contributed by atoms with van der Waals surface area (Å²) in [6.45, 7) is 2.04. The summed E-state index contributed by atoms with van der Waals surface area (Å²) in [6.07, 6.45) is 2.62. The van der Waals surface area contributed by atoms with Gasteiger partial charge in [-0.05, 0) is 18.6 Å². The lowest BCUT2D eigenvalue weighted by Crippen LogP contribution is -1.77. The minimum absolute atomic E-state index is 0.734. The van der Waals surface area contributed by atoms with Gasteiger partial charge in [0.05, 0.1) is 5.69 Å². The van der Waals surface area contributed by atoms with Gasteiger partial charge in [0.25, 0.3) is 0 Å². The monoisotopic (exact) mass is 174 g/mol. The van der Waals surface area contributed by atoms with Crippen molar-refractivity contribution in [2.45, 2.75) is 13.3 Å². The molecule has 3 nitrogen and oxygen atoms in total. The zero-order valence-electron chi connectivity index (χ0n) is 7.40. The van der Waals surface area contributed by atoms with Gasteiger partial charge >= 0.3 is 0 Å². The van der Waals surface area contributed by atoms with Gasteiger partial charge < -0.3 is 4.52 Å². The SMILES string of the molecule is CCc1cc(-c2ccccn2)on1. The first-order valence-electron chi connectivity index (χ1n) is 4.27. The number of hydrogen-bond donors (Lipinski definition) is 0. The van der Waals surface area contributed by atoms with Gasteiger partial charge in [0.2, 0.25) is 0 Å². The molecule has 0 unspecified atom stereocenters. The fourth-order valence-electron chi connectivity index (χ4n) is 1.11. The molecule has 0 saturated carbocycles. The van der Waals surface area contributed by atoms with Crippen molar-refractivity contribution in [1.82, 2.24) is 10.1 Å². The lowest BCUT2D eigenvalue weighted by molar-refractivity contribution is 0.423. The van der Waals surface area contributed by atoms with Crippen molar-refractivity contribution in [2.75, 3.05) is 0 Å². The van der Waals surface area contributed by atoms with E-state index in [0.717, 1.165) is 23.6 Å². The summed E-state index contributed by atoms with van der Waals surface area (Å²) in [5, 5.41) is 3.90. The van der Waals surface area contributed by atoms with E-state index in [1.165, 1.54) is 0 Å². The smallest absolute Gasteiger partial charge is 0.185 e. The molecule has 3 heteroatoms. The molecule has 0 saturated heterocycles. The Morgan fingerprint density at radius 1 is 1.38 bits per heavy atom. The van der Waals surface area contributed by atoms with Crippen LogP contribution < -0.4 is 0 Å². The highest BCUT2D eigenvalue weighted by atomic mass is 16.5. The molecule has 2 heterocycles. The summed E-state index contributed by atoms with van der Waals surface area (Å²) in [7, 11) is 0. The molecule has 0 aliphatic carbocycles. The van der Waals surface area contributed by atoms with Crippen LogP contribution in [-0.4, -0.2) is 10.1 Å². The molecule has 0 radical (unpaired) electrons. The topological polar surface area (TPSA) is 38.9 Å². The number of pyridine rings is 1. The highest BCUT2D eigenvalue weighted by Gasteiger charge is 2.04. The Labute approximate surface area is 76.4 Å². The van der Waals surface area contributed by atoms with E-state index in [-0.39, 0.29) is 0 Å². The Morgan fingerprint density at radius 2 is 2.31 bits per heavy atom. The summed E-state index contributed by atoms with van der Waals surface area (Å²) in [5.41, 5.74) is 1.79. The number of rotatable bonds is 2. The van der Waals surface area contributed by atoms with Gasteiger partial charge in [-0.15, -0.1) is 0 Å². The lowest BCUT2D eigenvalue weighted by Gasteiger charge is -1.90. The number of hydrogen-bond acceptors (Lipinski definition) is 3. The van der Waals surface area contributed by atoms with E-state index in [1.807, 2.05) is 31.2 Å². The van der Waals surface area contributed by atoms with Crippen LogP contribution in [0.3, 0.4) is 0 Å². The third kappa shape index (κ3) is 1.59. The Balaban J connectivity index is 2.36. The molecule has 0 aliphatic rings. The van der Waals surface area contributed by atoms with Gasteiger partial charge in [-0.2, -0.15) is 0 Å². The van der Waals surface area contributed by atoms with Crippen LogP contribution in [0, 0.1) is 0 Å². The Morgan fingerprint density at radius 3 is 2.92 bits per heavy atom. The van der Waals surface area contributed by atoms with Crippen LogP contribution in [0.15, 0.2) is 35.0 Å². The van der Waals surface area contributed by atoms with E-state index in [1.54, 1.807) is 6.20 Å². The molecule has 2 rings (SSSR count). The minimum atomic E-state index is 0.734. The predicted octanol–water partition coefficient (Wildman–Crippen LogP) is 2.30. The van der Waals surface area contributed by atoms with Crippen LogP contribution in [0.4, 0.5) is 0 Å². The summed E-state index contributed by atoms with van der Waals surface area (Å²) >= 11 is 0. The molecular weight excluding hydrogens is 164 g/mol.